The maximum atomic E-state index is 13.3. The third kappa shape index (κ3) is 5.50. The quantitative estimate of drug-likeness (QED) is 0.212. The van der Waals surface area contributed by atoms with Gasteiger partial charge in [0.25, 0.3) is 5.56 Å². The lowest BCUT2D eigenvalue weighted by Gasteiger charge is -2.26. The molecule has 0 bridgehead atoms. The molecule has 3 aromatic heterocycles. The Bertz CT molecular complexity index is 1610. The van der Waals surface area contributed by atoms with Gasteiger partial charge in [0.2, 0.25) is 5.95 Å². The van der Waals surface area contributed by atoms with Gasteiger partial charge in [0.15, 0.2) is 11.5 Å². The molecule has 11 heteroatoms. The Balaban J connectivity index is 1.46. The number of fused-ring (bicyclic) bond motifs is 1. The number of aliphatic hydroxyl groups is 2. The van der Waals surface area contributed by atoms with Gasteiger partial charge in [-0.25, -0.2) is 19.3 Å². The van der Waals surface area contributed by atoms with E-state index in [1.165, 1.54) is 16.4 Å². The lowest BCUT2D eigenvalue weighted by Crippen LogP contribution is -2.31. The zero-order valence-electron chi connectivity index (χ0n) is 22.9. The van der Waals surface area contributed by atoms with Crippen molar-refractivity contribution in [3.63, 3.8) is 0 Å². The van der Waals surface area contributed by atoms with Crippen LogP contribution in [0.15, 0.2) is 66.1 Å². The number of aliphatic carboxylic acids is 1. The van der Waals surface area contributed by atoms with Gasteiger partial charge in [-0.1, -0.05) is 31.2 Å². The number of carbonyl (C=O) groups is 1. The standard InChI is InChI=1S/C30H34N6O5/c1-3-16-35-27(38)23-17-31-29(32-22-14-12-20(13-15-22)19-8-10-21(11-9-19)28(39)40)34-26(23)36(35)25-7-5-6-24(33-25)30(41,4-2)18-37/h3,5-7,12-15,17,19,21,37,41H,1,4,8-11,16,18H2,2H3,(H,39,40)(H,31,32,34). The normalized spacial score (nSPS) is 18.6. The fourth-order valence-electron chi connectivity index (χ4n) is 5.42. The first-order chi connectivity index (χ1) is 19.8. The number of allylic oxidation sites excluding steroid dienone is 1. The molecule has 3 heterocycles. The first-order valence-corrected chi connectivity index (χ1v) is 13.8. The molecule has 5 rings (SSSR count). The van der Waals surface area contributed by atoms with Gasteiger partial charge in [0.1, 0.15) is 11.0 Å². The van der Waals surface area contributed by atoms with E-state index in [9.17, 15) is 24.9 Å². The molecule has 0 saturated heterocycles. The number of rotatable bonds is 10. The van der Waals surface area contributed by atoms with Crippen LogP contribution in [-0.2, 0) is 16.9 Å². The van der Waals surface area contributed by atoms with Crippen LogP contribution in [0.25, 0.3) is 16.9 Å². The molecular formula is C30H34N6O5. The van der Waals surface area contributed by atoms with Crippen LogP contribution >= 0.6 is 0 Å². The van der Waals surface area contributed by atoms with Crippen LogP contribution in [0.4, 0.5) is 11.6 Å². The summed E-state index contributed by atoms with van der Waals surface area (Å²) < 4.78 is 3.01. The van der Waals surface area contributed by atoms with Gasteiger partial charge in [-0.3, -0.25) is 9.59 Å². The Morgan fingerprint density at radius 1 is 1.15 bits per heavy atom. The lowest BCUT2D eigenvalue weighted by atomic mass is 9.79. The summed E-state index contributed by atoms with van der Waals surface area (Å²) in [6, 6.07) is 13.0. The molecular weight excluding hydrogens is 524 g/mol. The summed E-state index contributed by atoms with van der Waals surface area (Å²) in [6.07, 6.45) is 6.41. The number of aliphatic hydroxyl groups excluding tert-OH is 1. The summed E-state index contributed by atoms with van der Waals surface area (Å²) in [5, 5.41) is 33.4. The van der Waals surface area contributed by atoms with Gasteiger partial charge in [-0.05, 0) is 67.9 Å². The molecule has 1 saturated carbocycles. The third-order valence-electron chi connectivity index (χ3n) is 7.97. The number of hydrogen-bond acceptors (Lipinski definition) is 8. The molecule has 4 N–H and O–H groups in total. The number of pyridine rings is 1. The number of nitrogens with zero attached hydrogens (tertiary/aromatic N) is 5. The SMILES string of the molecule is C=CCn1c(=O)c2cnc(Nc3ccc(C4CCC(C(=O)O)CC4)cc3)nc2n1-c1cccc(C(O)(CC)CO)n1. The van der Waals surface area contributed by atoms with E-state index in [0.717, 1.165) is 18.5 Å². The number of aromatic nitrogens is 5. The van der Waals surface area contributed by atoms with E-state index in [1.54, 1.807) is 35.9 Å². The largest absolute Gasteiger partial charge is 0.481 e. The maximum Gasteiger partial charge on any atom is 0.306 e. The van der Waals surface area contributed by atoms with E-state index in [1.807, 2.05) is 24.3 Å². The number of hydrogen-bond donors (Lipinski definition) is 4. The second kappa shape index (κ2) is 11.6. The van der Waals surface area contributed by atoms with E-state index in [4.69, 9.17) is 0 Å². The summed E-state index contributed by atoms with van der Waals surface area (Å²) in [7, 11) is 0. The van der Waals surface area contributed by atoms with Gasteiger partial charge < -0.3 is 20.6 Å². The summed E-state index contributed by atoms with van der Waals surface area (Å²) in [4.78, 5) is 38.1. The molecule has 214 valence electrons. The topological polar surface area (TPSA) is 155 Å². The molecule has 11 nitrogen and oxygen atoms in total. The van der Waals surface area contributed by atoms with E-state index < -0.39 is 18.2 Å². The van der Waals surface area contributed by atoms with Crippen LogP contribution in [0.2, 0.25) is 0 Å². The molecule has 41 heavy (non-hydrogen) atoms. The van der Waals surface area contributed by atoms with E-state index in [0.29, 0.717) is 35.6 Å². The highest BCUT2D eigenvalue weighted by atomic mass is 16.4. The molecule has 1 unspecified atom stereocenters. The van der Waals surface area contributed by atoms with Crippen LogP contribution in [0, 0.1) is 5.92 Å². The van der Waals surface area contributed by atoms with Crippen molar-refractivity contribution in [2.45, 2.75) is 57.1 Å². The Hall–Kier alpha value is -4.35. The number of carboxylic acids is 1. The highest BCUT2D eigenvalue weighted by Gasteiger charge is 2.29. The summed E-state index contributed by atoms with van der Waals surface area (Å²) in [5.41, 5.74) is 0.716. The highest BCUT2D eigenvalue weighted by Crippen LogP contribution is 2.36. The van der Waals surface area contributed by atoms with Crippen molar-refractivity contribution in [3.8, 4) is 5.82 Å². The third-order valence-corrected chi connectivity index (χ3v) is 7.97. The second-order valence-corrected chi connectivity index (χ2v) is 10.5. The van der Waals surface area contributed by atoms with Crippen molar-refractivity contribution >= 4 is 28.6 Å². The smallest absolute Gasteiger partial charge is 0.306 e. The predicted octanol–water partition coefficient (Wildman–Crippen LogP) is 3.86. The molecule has 0 spiro atoms. The first kappa shape index (κ1) is 28.2. The molecule has 0 radical (unpaired) electrons. The molecule has 1 fully saturated rings. The molecule has 1 aromatic carbocycles. The lowest BCUT2D eigenvalue weighted by molar-refractivity contribution is -0.142. The summed E-state index contributed by atoms with van der Waals surface area (Å²) in [5.74, 6) is 0.0204. The van der Waals surface area contributed by atoms with Crippen LogP contribution in [0.3, 0.4) is 0 Å². The van der Waals surface area contributed by atoms with Crippen molar-refractivity contribution < 1.29 is 20.1 Å². The summed E-state index contributed by atoms with van der Waals surface area (Å²) in [6.45, 7) is 5.22. The Morgan fingerprint density at radius 3 is 2.51 bits per heavy atom. The maximum absolute atomic E-state index is 13.3. The molecule has 1 atom stereocenters. The minimum Gasteiger partial charge on any atom is -0.481 e. The second-order valence-electron chi connectivity index (χ2n) is 10.5. The fourth-order valence-corrected chi connectivity index (χ4v) is 5.42. The van der Waals surface area contributed by atoms with Crippen LogP contribution < -0.4 is 10.9 Å². The first-order valence-electron chi connectivity index (χ1n) is 13.8. The van der Waals surface area contributed by atoms with Crippen molar-refractivity contribution in [1.29, 1.82) is 0 Å². The average molecular weight is 559 g/mol. The monoisotopic (exact) mass is 558 g/mol. The minimum absolute atomic E-state index is 0.192. The Morgan fingerprint density at radius 2 is 1.88 bits per heavy atom. The zero-order valence-corrected chi connectivity index (χ0v) is 22.9. The van der Waals surface area contributed by atoms with Gasteiger partial charge in [0, 0.05) is 11.9 Å². The van der Waals surface area contributed by atoms with Crippen molar-refractivity contribution in [1.82, 2.24) is 24.3 Å². The highest BCUT2D eigenvalue weighted by molar-refractivity contribution is 5.77. The molecule has 0 amide bonds. The number of carboxylic acid groups (broad SMARTS) is 1. The van der Waals surface area contributed by atoms with E-state index in [-0.39, 0.29) is 36.1 Å². The molecule has 0 aliphatic heterocycles. The van der Waals surface area contributed by atoms with E-state index in [2.05, 4.69) is 26.8 Å². The van der Waals surface area contributed by atoms with Gasteiger partial charge in [-0.2, -0.15) is 4.98 Å². The molecule has 1 aliphatic carbocycles. The van der Waals surface area contributed by atoms with Gasteiger partial charge >= 0.3 is 5.97 Å². The fraction of sp³-hybridized carbons (Fsp3) is 0.367. The van der Waals surface area contributed by atoms with Crippen LogP contribution in [0.5, 0.6) is 0 Å². The Kier molecular flexibility index (Phi) is 8.00. The Labute approximate surface area is 236 Å². The van der Waals surface area contributed by atoms with Crippen molar-refractivity contribution in [2.24, 2.45) is 5.92 Å². The van der Waals surface area contributed by atoms with Gasteiger partial charge in [-0.15, -0.1) is 6.58 Å². The van der Waals surface area contributed by atoms with Crippen LogP contribution in [-0.4, -0.2) is 52.2 Å². The van der Waals surface area contributed by atoms with E-state index >= 15 is 0 Å². The summed E-state index contributed by atoms with van der Waals surface area (Å²) >= 11 is 0. The van der Waals surface area contributed by atoms with Crippen LogP contribution in [0.1, 0.15) is 56.2 Å². The van der Waals surface area contributed by atoms with Crippen molar-refractivity contribution in [2.75, 3.05) is 11.9 Å². The zero-order chi connectivity index (χ0) is 29.1. The van der Waals surface area contributed by atoms with Crippen molar-refractivity contribution in [3.05, 3.63) is 82.9 Å². The number of benzene rings is 1. The average Bonchev–Trinajstić information content (AvgIpc) is 3.27. The number of nitrogens with one attached hydrogen (secondary N) is 1. The van der Waals surface area contributed by atoms with Gasteiger partial charge in [0.05, 0.1) is 24.8 Å². The predicted molar refractivity (Wildman–Crippen MR) is 154 cm³/mol. The minimum atomic E-state index is -1.52. The molecule has 1 aliphatic rings. The number of anilines is 2. The molecule has 4 aromatic rings.